The molecular formula is C14H20O2. The highest BCUT2D eigenvalue weighted by Crippen LogP contribution is 2.16. The second-order valence-electron chi connectivity index (χ2n) is 4.25. The van der Waals surface area contributed by atoms with Crippen LogP contribution in [0.1, 0.15) is 30.0 Å². The minimum atomic E-state index is -0.110. The molecular weight excluding hydrogens is 200 g/mol. The van der Waals surface area contributed by atoms with Crippen LogP contribution in [0.25, 0.3) is 0 Å². The molecule has 0 saturated heterocycles. The molecule has 0 fully saturated rings. The second kappa shape index (κ2) is 5.69. The van der Waals surface area contributed by atoms with E-state index in [2.05, 4.69) is 32.0 Å². The first-order valence-corrected chi connectivity index (χ1v) is 5.72. The van der Waals surface area contributed by atoms with Crippen molar-refractivity contribution >= 4 is 5.97 Å². The summed E-state index contributed by atoms with van der Waals surface area (Å²) in [5.41, 5.74) is 3.77. The lowest BCUT2D eigenvalue weighted by atomic mass is 9.95. The van der Waals surface area contributed by atoms with Gasteiger partial charge in [0.25, 0.3) is 0 Å². The molecule has 0 aliphatic carbocycles. The van der Waals surface area contributed by atoms with Gasteiger partial charge in [-0.05, 0) is 43.4 Å². The number of ether oxygens (including phenoxy) is 1. The highest BCUT2D eigenvalue weighted by molar-refractivity contribution is 5.72. The first-order valence-electron chi connectivity index (χ1n) is 5.72. The van der Waals surface area contributed by atoms with Crippen LogP contribution in [0.2, 0.25) is 0 Å². The van der Waals surface area contributed by atoms with Crippen LogP contribution in [-0.2, 0) is 16.0 Å². The summed E-state index contributed by atoms with van der Waals surface area (Å²) < 4.78 is 4.79. The summed E-state index contributed by atoms with van der Waals surface area (Å²) in [5, 5.41) is 0. The summed E-state index contributed by atoms with van der Waals surface area (Å²) in [6.45, 7) is 6.21. The summed E-state index contributed by atoms with van der Waals surface area (Å²) in [5.74, 6) is -0.132. The Balaban J connectivity index is 2.78. The Morgan fingerprint density at radius 1 is 1.31 bits per heavy atom. The van der Waals surface area contributed by atoms with Crippen molar-refractivity contribution in [2.24, 2.45) is 5.92 Å². The molecule has 0 amide bonds. The molecule has 1 unspecified atom stereocenters. The van der Waals surface area contributed by atoms with Gasteiger partial charge in [0.05, 0.1) is 13.0 Å². The average molecular weight is 220 g/mol. The Bertz CT molecular complexity index is 369. The average Bonchev–Trinajstić information content (AvgIpc) is 2.29. The Hall–Kier alpha value is -1.31. The Labute approximate surface area is 97.6 Å². The van der Waals surface area contributed by atoms with Gasteiger partial charge in [0.15, 0.2) is 0 Å². The topological polar surface area (TPSA) is 26.3 Å². The van der Waals surface area contributed by atoms with Gasteiger partial charge in [-0.2, -0.15) is 0 Å². The van der Waals surface area contributed by atoms with Gasteiger partial charge < -0.3 is 4.74 Å². The van der Waals surface area contributed by atoms with Crippen molar-refractivity contribution in [3.05, 3.63) is 34.9 Å². The van der Waals surface area contributed by atoms with Gasteiger partial charge in [-0.3, -0.25) is 4.79 Å². The third kappa shape index (κ3) is 3.09. The molecule has 0 spiro atoms. The molecule has 0 aromatic heterocycles. The zero-order valence-electron chi connectivity index (χ0n) is 10.5. The number of carbonyl (C=O) groups excluding carboxylic acids is 1. The van der Waals surface area contributed by atoms with E-state index in [9.17, 15) is 4.79 Å². The number of benzene rings is 1. The van der Waals surface area contributed by atoms with Gasteiger partial charge in [0.1, 0.15) is 0 Å². The van der Waals surface area contributed by atoms with Crippen LogP contribution in [-0.4, -0.2) is 13.1 Å². The number of carbonyl (C=O) groups is 1. The molecule has 1 aromatic carbocycles. The molecule has 0 bridgehead atoms. The van der Waals surface area contributed by atoms with E-state index in [-0.39, 0.29) is 11.9 Å². The summed E-state index contributed by atoms with van der Waals surface area (Å²) >= 11 is 0. The number of rotatable bonds is 4. The molecule has 16 heavy (non-hydrogen) atoms. The predicted octanol–water partition coefficient (Wildman–Crippen LogP) is 3.05. The summed E-state index contributed by atoms with van der Waals surface area (Å²) in [6.07, 6.45) is 1.59. The van der Waals surface area contributed by atoms with Crippen molar-refractivity contribution in [2.45, 2.75) is 33.6 Å². The fourth-order valence-corrected chi connectivity index (χ4v) is 1.78. The summed E-state index contributed by atoms with van der Waals surface area (Å²) in [4.78, 5) is 11.5. The minimum absolute atomic E-state index is 0.0212. The van der Waals surface area contributed by atoms with Gasteiger partial charge in [-0.25, -0.2) is 0 Å². The molecule has 88 valence electrons. The number of esters is 1. The van der Waals surface area contributed by atoms with E-state index in [1.807, 2.05) is 6.92 Å². The number of hydrogen-bond donors (Lipinski definition) is 0. The molecule has 0 radical (unpaired) electrons. The number of hydrogen-bond acceptors (Lipinski definition) is 2. The van der Waals surface area contributed by atoms with E-state index in [0.717, 1.165) is 12.8 Å². The fourth-order valence-electron chi connectivity index (χ4n) is 1.78. The standard InChI is InChI=1S/C14H20O2/c1-5-13(14(15)16-4)9-12-7-6-10(2)11(3)8-12/h6-8,13H,5,9H2,1-4H3. The Morgan fingerprint density at radius 2 is 2.00 bits per heavy atom. The Morgan fingerprint density at radius 3 is 2.50 bits per heavy atom. The quantitative estimate of drug-likeness (QED) is 0.729. The second-order valence-corrected chi connectivity index (χ2v) is 4.25. The van der Waals surface area contributed by atoms with Crippen molar-refractivity contribution in [2.75, 3.05) is 7.11 Å². The van der Waals surface area contributed by atoms with Crippen molar-refractivity contribution in [1.29, 1.82) is 0 Å². The van der Waals surface area contributed by atoms with Crippen LogP contribution >= 0.6 is 0 Å². The molecule has 1 aromatic rings. The van der Waals surface area contributed by atoms with E-state index in [1.165, 1.54) is 23.8 Å². The van der Waals surface area contributed by atoms with E-state index in [0.29, 0.717) is 0 Å². The molecule has 0 saturated carbocycles. The third-order valence-electron chi connectivity index (χ3n) is 3.08. The molecule has 1 atom stereocenters. The van der Waals surface area contributed by atoms with E-state index in [1.54, 1.807) is 0 Å². The molecule has 1 rings (SSSR count). The minimum Gasteiger partial charge on any atom is -0.469 e. The maximum atomic E-state index is 11.5. The maximum absolute atomic E-state index is 11.5. The van der Waals surface area contributed by atoms with Crippen molar-refractivity contribution in [3.63, 3.8) is 0 Å². The normalized spacial score (nSPS) is 12.2. The van der Waals surface area contributed by atoms with E-state index in [4.69, 9.17) is 4.74 Å². The van der Waals surface area contributed by atoms with Crippen LogP contribution in [0.4, 0.5) is 0 Å². The first-order chi connectivity index (χ1) is 7.58. The third-order valence-corrected chi connectivity index (χ3v) is 3.08. The van der Waals surface area contributed by atoms with Gasteiger partial charge >= 0.3 is 5.97 Å². The molecule has 2 nitrogen and oxygen atoms in total. The molecule has 0 aliphatic rings. The van der Waals surface area contributed by atoms with Gasteiger partial charge in [0, 0.05) is 0 Å². The van der Waals surface area contributed by atoms with Crippen molar-refractivity contribution < 1.29 is 9.53 Å². The number of aryl methyl sites for hydroxylation is 2. The smallest absolute Gasteiger partial charge is 0.308 e. The van der Waals surface area contributed by atoms with E-state index < -0.39 is 0 Å². The highest BCUT2D eigenvalue weighted by atomic mass is 16.5. The molecule has 0 heterocycles. The van der Waals surface area contributed by atoms with Crippen LogP contribution in [0.3, 0.4) is 0 Å². The lowest BCUT2D eigenvalue weighted by Gasteiger charge is -2.13. The highest BCUT2D eigenvalue weighted by Gasteiger charge is 2.17. The van der Waals surface area contributed by atoms with Crippen LogP contribution < -0.4 is 0 Å². The number of methoxy groups -OCH3 is 1. The van der Waals surface area contributed by atoms with Gasteiger partial charge in [0.2, 0.25) is 0 Å². The van der Waals surface area contributed by atoms with Crippen LogP contribution in [0, 0.1) is 19.8 Å². The lowest BCUT2D eigenvalue weighted by Crippen LogP contribution is -2.17. The fraction of sp³-hybridized carbons (Fsp3) is 0.500. The molecule has 2 heteroatoms. The predicted molar refractivity (Wildman–Crippen MR) is 65.4 cm³/mol. The molecule has 0 N–H and O–H groups in total. The van der Waals surface area contributed by atoms with Gasteiger partial charge in [-0.15, -0.1) is 0 Å². The monoisotopic (exact) mass is 220 g/mol. The van der Waals surface area contributed by atoms with Crippen LogP contribution in [0.5, 0.6) is 0 Å². The SMILES string of the molecule is CCC(Cc1ccc(C)c(C)c1)C(=O)OC. The van der Waals surface area contributed by atoms with Crippen molar-refractivity contribution in [3.8, 4) is 0 Å². The van der Waals surface area contributed by atoms with Gasteiger partial charge in [-0.1, -0.05) is 25.1 Å². The first kappa shape index (κ1) is 12.8. The summed E-state index contributed by atoms with van der Waals surface area (Å²) in [6, 6.07) is 6.35. The van der Waals surface area contributed by atoms with E-state index >= 15 is 0 Å². The van der Waals surface area contributed by atoms with Crippen LogP contribution in [0.15, 0.2) is 18.2 Å². The summed E-state index contributed by atoms with van der Waals surface area (Å²) in [7, 11) is 1.45. The zero-order valence-corrected chi connectivity index (χ0v) is 10.5. The van der Waals surface area contributed by atoms with Crippen molar-refractivity contribution in [1.82, 2.24) is 0 Å². The maximum Gasteiger partial charge on any atom is 0.308 e. The largest absolute Gasteiger partial charge is 0.469 e. The zero-order chi connectivity index (χ0) is 12.1. The Kier molecular flexibility index (Phi) is 4.53. The lowest BCUT2D eigenvalue weighted by molar-refractivity contribution is -0.145. The molecule has 0 aliphatic heterocycles.